The highest BCUT2D eigenvalue weighted by molar-refractivity contribution is 5.75. The third-order valence-corrected chi connectivity index (χ3v) is 6.96. The van der Waals surface area contributed by atoms with Gasteiger partial charge in [0.15, 0.2) is 0 Å². The van der Waals surface area contributed by atoms with E-state index in [2.05, 4.69) is 33.3 Å². The van der Waals surface area contributed by atoms with Crippen LogP contribution in [0.1, 0.15) is 130 Å². The smallest absolute Gasteiger partial charge is 0.302 e. The minimum Gasteiger partial charge on any atom is -0.460 e. The van der Waals surface area contributed by atoms with Crippen LogP contribution in [0.15, 0.2) is 0 Å². The normalized spacial score (nSPS) is 12.5. The predicted molar refractivity (Wildman–Crippen MR) is 140 cm³/mol. The summed E-state index contributed by atoms with van der Waals surface area (Å²) in [7, 11) is 4.29. The molecule has 0 aliphatic heterocycles. The van der Waals surface area contributed by atoms with Gasteiger partial charge in [-0.2, -0.15) is 0 Å². The minimum atomic E-state index is -0.229. The molecule has 5 heteroatoms. The number of ether oxygens (including phenoxy) is 1. The fourth-order valence-electron chi connectivity index (χ4n) is 4.12. The van der Waals surface area contributed by atoms with Crippen molar-refractivity contribution in [3.05, 3.63) is 0 Å². The molecule has 33 heavy (non-hydrogen) atoms. The fraction of sp³-hybridized carbons (Fsp3) is 0.929. The van der Waals surface area contributed by atoms with Crippen molar-refractivity contribution < 1.29 is 18.8 Å². The summed E-state index contributed by atoms with van der Waals surface area (Å²) in [6, 6.07) is 0.241. The van der Waals surface area contributed by atoms with E-state index < -0.39 is 0 Å². The number of carbonyl (C=O) groups is 2. The predicted octanol–water partition coefficient (Wildman–Crippen LogP) is 6.78. The summed E-state index contributed by atoms with van der Waals surface area (Å²) in [5.74, 6) is -0.0455. The summed E-state index contributed by atoms with van der Waals surface area (Å²) in [6.07, 6.45) is 21.8. The van der Waals surface area contributed by atoms with E-state index in [4.69, 9.17) is 4.74 Å². The first-order valence-corrected chi connectivity index (χ1v) is 14.0. The van der Waals surface area contributed by atoms with Gasteiger partial charge >= 0.3 is 5.97 Å². The molecule has 1 unspecified atom stereocenters. The van der Waals surface area contributed by atoms with Gasteiger partial charge in [-0.05, 0) is 13.3 Å². The minimum absolute atomic E-state index is 0.183. The quantitative estimate of drug-likeness (QED) is 0.102. The van der Waals surface area contributed by atoms with Crippen LogP contribution in [-0.4, -0.2) is 56.2 Å². The standard InChI is InChI=1S/C28H56N2O3/c1-6-7-8-9-10-11-12-13-14-15-16-17-18-19-20-22-28(32)29-23-21-24-30(4,5)26(2)25-33-27(3)31/h26H,6-25H2,1-5H3/p+1. The first kappa shape index (κ1) is 31.9. The Hall–Kier alpha value is -1.10. The monoisotopic (exact) mass is 469 g/mol. The number of hydrogen-bond acceptors (Lipinski definition) is 3. The molecule has 5 nitrogen and oxygen atoms in total. The van der Waals surface area contributed by atoms with Crippen LogP contribution in [0.25, 0.3) is 0 Å². The average Bonchev–Trinajstić information content (AvgIpc) is 2.77. The summed E-state index contributed by atoms with van der Waals surface area (Å²) in [5, 5.41) is 3.06. The van der Waals surface area contributed by atoms with Crippen LogP contribution in [0.5, 0.6) is 0 Å². The molecule has 0 saturated heterocycles. The maximum atomic E-state index is 12.0. The molecular formula is C28H57N2O3+. The maximum Gasteiger partial charge on any atom is 0.302 e. The number of esters is 1. The van der Waals surface area contributed by atoms with Gasteiger partial charge in [-0.25, -0.2) is 0 Å². The summed E-state index contributed by atoms with van der Waals surface area (Å²) in [4.78, 5) is 23.0. The molecule has 0 aliphatic rings. The Labute approximate surface area is 206 Å². The highest BCUT2D eigenvalue weighted by atomic mass is 16.5. The van der Waals surface area contributed by atoms with Gasteiger partial charge in [0.2, 0.25) is 5.91 Å². The lowest BCUT2D eigenvalue weighted by Gasteiger charge is -2.35. The molecule has 1 atom stereocenters. The van der Waals surface area contributed by atoms with Gasteiger partial charge in [0.1, 0.15) is 12.6 Å². The zero-order chi connectivity index (χ0) is 24.8. The highest BCUT2D eigenvalue weighted by Crippen LogP contribution is 2.14. The zero-order valence-corrected chi connectivity index (χ0v) is 22.9. The lowest BCUT2D eigenvalue weighted by molar-refractivity contribution is -0.913. The number of rotatable bonds is 23. The van der Waals surface area contributed by atoms with Crippen LogP contribution in [0, 0.1) is 0 Å². The Balaban J connectivity index is 3.45. The molecule has 0 radical (unpaired) electrons. The maximum absolute atomic E-state index is 12.0. The van der Waals surface area contributed by atoms with Crippen molar-refractivity contribution in [2.24, 2.45) is 0 Å². The van der Waals surface area contributed by atoms with E-state index in [9.17, 15) is 9.59 Å². The second kappa shape index (κ2) is 21.4. The molecule has 0 aromatic rings. The number of hydrogen-bond donors (Lipinski definition) is 1. The van der Waals surface area contributed by atoms with E-state index in [0.29, 0.717) is 13.0 Å². The van der Waals surface area contributed by atoms with Crippen LogP contribution < -0.4 is 5.32 Å². The number of nitrogens with one attached hydrogen (secondary N) is 1. The summed E-state index contributed by atoms with van der Waals surface area (Å²) >= 11 is 0. The van der Waals surface area contributed by atoms with Crippen molar-refractivity contribution in [1.29, 1.82) is 0 Å². The van der Waals surface area contributed by atoms with E-state index >= 15 is 0 Å². The summed E-state index contributed by atoms with van der Waals surface area (Å²) in [6.45, 7) is 7.92. The van der Waals surface area contributed by atoms with Gasteiger partial charge in [-0.3, -0.25) is 9.59 Å². The van der Waals surface area contributed by atoms with Crippen molar-refractivity contribution in [3.63, 3.8) is 0 Å². The Morgan fingerprint density at radius 1 is 0.758 bits per heavy atom. The summed E-state index contributed by atoms with van der Waals surface area (Å²) < 4.78 is 5.91. The first-order chi connectivity index (χ1) is 15.8. The molecule has 0 saturated carbocycles. The molecular weight excluding hydrogens is 412 g/mol. The molecule has 1 amide bonds. The van der Waals surface area contributed by atoms with Gasteiger partial charge in [-0.1, -0.05) is 96.8 Å². The molecule has 1 N–H and O–H groups in total. The highest BCUT2D eigenvalue weighted by Gasteiger charge is 2.24. The van der Waals surface area contributed by atoms with Gasteiger partial charge in [0, 0.05) is 26.3 Å². The lowest BCUT2D eigenvalue weighted by atomic mass is 10.0. The van der Waals surface area contributed by atoms with Crippen molar-refractivity contribution in [2.45, 2.75) is 136 Å². The molecule has 0 rings (SSSR count). The Kier molecular flexibility index (Phi) is 20.7. The Morgan fingerprint density at radius 3 is 1.67 bits per heavy atom. The third kappa shape index (κ3) is 21.2. The van der Waals surface area contributed by atoms with E-state index in [1.807, 2.05) is 0 Å². The van der Waals surface area contributed by atoms with Gasteiger partial charge in [0.25, 0.3) is 0 Å². The van der Waals surface area contributed by atoms with E-state index in [1.54, 1.807) is 0 Å². The Bertz CT molecular complexity index is 480. The number of quaternary nitrogens is 1. The van der Waals surface area contributed by atoms with Crippen LogP contribution >= 0.6 is 0 Å². The van der Waals surface area contributed by atoms with Crippen LogP contribution in [0.3, 0.4) is 0 Å². The summed E-state index contributed by atoms with van der Waals surface area (Å²) in [5.41, 5.74) is 0. The second-order valence-electron chi connectivity index (χ2n) is 10.6. The number of carbonyl (C=O) groups excluding carboxylic acids is 2. The SMILES string of the molecule is CCCCCCCCCCCCCCCCCC(=O)NCCC[N+](C)(C)C(C)COC(C)=O. The van der Waals surface area contributed by atoms with E-state index in [0.717, 1.165) is 30.4 Å². The van der Waals surface area contributed by atoms with Crippen molar-refractivity contribution in [1.82, 2.24) is 5.32 Å². The van der Waals surface area contributed by atoms with Crippen molar-refractivity contribution >= 4 is 11.9 Å². The fourth-order valence-corrected chi connectivity index (χ4v) is 4.12. The molecule has 0 spiro atoms. The average molecular weight is 470 g/mol. The van der Waals surface area contributed by atoms with Crippen molar-refractivity contribution in [3.8, 4) is 0 Å². The molecule has 0 fully saturated rings. The molecule has 0 aromatic heterocycles. The number of unbranched alkanes of at least 4 members (excludes halogenated alkanes) is 14. The van der Waals surface area contributed by atoms with E-state index in [1.165, 1.54) is 96.8 Å². The van der Waals surface area contributed by atoms with Gasteiger partial charge in [0.05, 0.1) is 20.6 Å². The molecule has 0 aliphatic carbocycles. The largest absolute Gasteiger partial charge is 0.460 e. The number of likely N-dealkylation sites (N-methyl/N-ethyl adjacent to an activating group) is 1. The van der Waals surface area contributed by atoms with Crippen LogP contribution in [0.4, 0.5) is 0 Å². The number of amides is 1. The lowest BCUT2D eigenvalue weighted by Crippen LogP contribution is -2.50. The molecule has 0 bridgehead atoms. The first-order valence-electron chi connectivity index (χ1n) is 14.0. The van der Waals surface area contributed by atoms with Crippen LogP contribution in [0.2, 0.25) is 0 Å². The number of nitrogens with zero attached hydrogens (tertiary/aromatic N) is 1. The van der Waals surface area contributed by atoms with E-state index in [-0.39, 0.29) is 17.9 Å². The zero-order valence-electron chi connectivity index (χ0n) is 22.9. The third-order valence-electron chi connectivity index (χ3n) is 6.96. The van der Waals surface area contributed by atoms with Crippen molar-refractivity contribution in [2.75, 3.05) is 33.8 Å². The second-order valence-corrected chi connectivity index (χ2v) is 10.6. The Morgan fingerprint density at radius 2 is 1.21 bits per heavy atom. The topological polar surface area (TPSA) is 55.4 Å². The molecule has 0 aromatic carbocycles. The van der Waals surface area contributed by atoms with Crippen LogP contribution in [-0.2, 0) is 14.3 Å². The molecule has 0 heterocycles. The van der Waals surface area contributed by atoms with Gasteiger partial charge < -0.3 is 14.5 Å². The van der Waals surface area contributed by atoms with Gasteiger partial charge in [-0.15, -0.1) is 0 Å². The molecule has 196 valence electrons.